The second-order valence-electron chi connectivity index (χ2n) is 8.80. The van der Waals surface area contributed by atoms with Crippen LogP contribution in [0.4, 0.5) is 4.39 Å². The highest BCUT2D eigenvalue weighted by Gasteiger charge is 2.57. The first-order valence-electron chi connectivity index (χ1n) is 9.40. The summed E-state index contributed by atoms with van der Waals surface area (Å²) in [6, 6.07) is 0. The van der Waals surface area contributed by atoms with Gasteiger partial charge in [0.1, 0.15) is 5.76 Å². The van der Waals surface area contributed by atoms with Gasteiger partial charge in [-0.1, -0.05) is 19.4 Å². The molecule has 4 heteroatoms. The molecule has 6 atom stereocenters. The van der Waals surface area contributed by atoms with Crippen molar-refractivity contribution in [3.05, 3.63) is 23.0 Å². The number of hydrogen-bond acceptors (Lipinski definition) is 3. The van der Waals surface area contributed by atoms with Gasteiger partial charge in [0.2, 0.25) is 6.86 Å². The first kappa shape index (κ1) is 16.6. The van der Waals surface area contributed by atoms with Crippen molar-refractivity contribution in [3.63, 3.8) is 0 Å². The van der Waals surface area contributed by atoms with Crippen LogP contribution in [0.2, 0.25) is 0 Å². The SMILES string of the molecule is C[C@]12CC[C@H]3C(=C(OCF)C=C4C[C@@H](O)CC[C@@]43C)[C@@H]1CC[C@@H]2O. The van der Waals surface area contributed by atoms with Crippen LogP contribution in [-0.4, -0.2) is 29.3 Å². The lowest BCUT2D eigenvalue weighted by Crippen LogP contribution is -2.47. The van der Waals surface area contributed by atoms with Gasteiger partial charge >= 0.3 is 0 Å². The first-order valence-corrected chi connectivity index (χ1v) is 9.40. The lowest BCUT2D eigenvalue weighted by atomic mass is 9.51. The third-order valence-corrected chi connectivity index (χ3v) is 7.76. The van der Waals surface area contributed by atoms with Gasteiger partial charge in [-0.25, -0.2) is 4.39 Å². The summed E-state index contributed by atoms with van der Waals surface area (Å²) < 4.78 is 18.5. The summed E-state index contributed by atoms with van der Waals surface area (Å²) in [5.74, 6) is 1.33. The molecule has 3 nitrogen and oxygen atoms in total. The van der Waals surface area contributed by atoms with E-state index in [9.17, 15) is 14.6 Å². The predicted molar refractivity (Wildman–Crippen MR) is 89.7 cm³/mol. The van der Waals surface area contributed by atoms with Crippen molar-refractivity contribution in [2.24, 2.45) is 22.7 Å². The van der Waals surface area contributed by atoms with Crippen molar-refractivity contribution < 1.29 is 19.3 Å². The molecule has 3 saturated carbocycles. The van der Waals surface area contributed by atoms with E-state index in [2.05, 4.69) is 13.8 Å². The Hall–Kier alpha value is -0.870. The normalized spacial score (nSPS) is 47.6. The van der Waals surface area contributed by atoms with Crippen molar-refractivity contribution in [1.82, 2.24) is 0 Å². The van der Waals surface area contributed by atoms with Gasteiger partial charge in [-0.05, 0) is 73.8 Å². The Balaban J connectivity index is 1.82. The summed E-state index contributed by atoms with van der Waals surface area (Å²) in [5, 5.41) is 20.6. The minimum Gasteiger partial charge on any atom is -0.463 e. The molecule has 0 aromatic rings. The van der Waals surface area contributed by atoms with Crippen LogP contribution in [0.5, 0.6) is 0 Å². The molecule has 4 aliphatic rings. The summed E-state index contributed by atoms with van der Waals surface area (Å²) in [5.41, 5.74) is 2.42. The number of aliphatic hydroxyl groups is 2. The lowest BCUT2D eigenvalue weighted by molar-refractivity contribution is -0.00545. The molecule has 2 N–H and O–H groups in total. The zero-order chi connectivity index (χ0) is 17.1. The van der Waals surface area contributed by atoms with Crippen molar-refractivity contribution in [1.29, 1.82) is 0 Å². The zero-order valence-electron chi connectivity index (χ0n) is 14.7. The lowest BCUT2D eigenvalue weighted by Gasteiger charge is -2.54. The van der Waals surface area contributed by atoms with Crippen molar-refractivity contribution >= 4 is 0 Å². The van der Waals surface area contributed by atoms with Gasteiger partial charge in [0.25, 0.3) is 0 Å². The molecule has 0 aromatic heterocycles. The van der Waals surface area contributed by atoms with Gasteiger partial charge in [0.05, 0.1) is 12.2 Å². The number of hydrogen-bond donors (Lipinski definition) is 2. The largest absolute Gasteiger partial charge is 0.463 e. The highest BCUT2D eigenvalue weighted by molar-refractivity contribution is 5.42. The number of halogens is 1. The summed E-state index contributed by atoms with van der Waals surface area (Å²) in [6.45, 7) is 3.69. The molecule has 0 amide bonds. The van der Waals surface area contributed by atoms with Crippen molar-refractivity contribution in [3.8, 4) is 0 Å². The van der Waals surface area contributed by atoms with Gasteiger partial charge in [0.15, 0.2) is 0 Å². The molecule has 4 rings (SSSR count). The number of fused-ring (bicyclic) bond motifs is 5. The molecule has 3 fully saturated rings. The smallest absolute Gasteiger partial charge is 0.228 e. The molecule has 24 heavy (non-hydrogen) atoms. The highest BCUT2D eigenvalue weighted by Crippen LogP contribution is 2.64. The Kier molecular flexibility index (Phi) is 3.85. The van der Waals surface area contributed by atoms with E-state index in [0.717, 1.165) is 38.5 Å². The van der Waals surface area contributed by atoms with Crippen molar-refractivity contribution in [2.45, 2.75) is 71.0 Å². The summed E-state index contributed by atoms with van der Waals surface area (Å²) >= 11 is 0. The molecule has 0 radical (unpaired) electrons. The van der Waals surface area contributed by atoms with Crippen molar-refractivity contribution in [2.75, 3.05) is 6.86 Å². The second kappa shape index (κ2) is 5.57. The monoisotopic (exact) mass is 336 g/mol. The maximum Gasteiger partial charge on any atom is 0.228 e. The molecular weight excluding hydrogens is 307 g/mol. The fourth-order valence-electron chi connectivity index (χ4n) is 6.19. The molecule has 0 aliphatic heterocycles. The van der Waals surface area contributed by atoms with Crippen LogP contribution in [-0.2, 0) is 4.74 Å². The van der Waals surface area contributed by atoms with Gasteiger partial charge < -0.3 is 14.9 Å². The molecule has 0 saturated heterocycles. The quantitative estimate of drug-likeness (QED) is 0.805. The van der Waals surface area contributed by atoms with Gasteiger partial charge in [-0.3, -0.25) is 0 Å². The summed E-state index contributed by atoms with van der Waals surface area (Å²) in [7, 11) is 0. The Morgan fingerprint density at radius 2 is 1.92 bits per heavy atom. The summed E-state index contributed by atoms with van der Waals surface area (Å²) in [4.78, 5) is 0. The van der Waals surface area contributed by atoms with E-state index in [0.29, 0.717) is 18.1 Å². The molecule has 0 heterocycles. The molecule has 0 bridgehead atoms. The molecule has 4 aliphatic carbocycles. The average Bonchev–Trinajstić information content (AvgIpc) is 2.85. The van der Waals surface area contributed by atoms with E-state index < -0.39 is 6.86 Å². The van der Waals surface area contributed by atoms with E-state index in [1.807, 2.05) is 6.08 Å². The van der Waals surface area contributed by atoms with Gasteiger partial charge in [0, 0.05) is 5.41 Å². The third-order valence-electron chi connectivity index (χ3n) is 7.76. The Bertz CT molecular complexity index is 598. The third kappa shape index (κ3) is 2.15. The zero-order valence-corrected chi connectivity index (χ0v) is 14.7. The first-order chi connectivity index (χ1) is 11.4. The van der Waals surface area contributed by atoms with Gasteiger partial charge in [-0.2, -0.15) is 0 Å². The number of rotatable bonds is 2. The molecule has 0 unspecified atom stereocenters. The standard InChI is InChI=1S/C20H29FO3/c1-19-7-5-13(22)9-12(19)10-16(24-11-21)18-14-3-4-17(23)20(14,2)8-6-15(18)19/h10,13-15,17,22-23H,3-9,11H2,1-2H3/t13-,14-,15-,17-,19-,20-/m0/s1. The Morgan fingerprint density at radius 1 is 1.12 bits per heavy atom. The van der Waals surface area contributed by atoms with Gasteiger partial charge in [-0.15, -0.1) is 0 Å². The van der Waals surface area contributed by atoms with E-state index >= 15 is 0 Å². The Labute approximate surface area is 143 Å². The second-order valence-corrected chi connectivity index (χ2v) is 8.80. The van der Waals surface area contributed by atoms with E-state index in [1.165, 1.54) is 11.1 Å². The molecule has 0 aromatic carbocycles. The number of ether oxygens (including phenoxy) is 1. The minimum absolute atomic E-state index is 0.0482. The van der Waals surface area contributed by atoms with Crippen LogP contribution in [0.1, 0.15) is 58.8 Å². The average molecular weight is 336 g/mol. The molecule has 134 valence electrons. The maximum atomic E-state index is 13.1. The van der Waals surface area contributed by atoms with Crippen LogP contribution in [0, 0.1) is 22.7 Å². The van der Waals surface area contributed by atoms with Crippen LogP contribution in [0.15, 0.2) is 23.0 Å². The minimum atomic E-state index is -0.819. The van der Waals surface area contributed by atoms with Crippen LogP contribution in [0.3, 0.4) is 0 Å². The highest BCUT2D eigenvalue weighted by atomic mass is 19.1. The maximum absolute atomic E-state index is 13.1. The van der Waals surface area contributed by atoms with E-state index in [-0.39, 0.29) is 29.0 Å². The predicted octanol–water partition coefficient (Wildman–Crippen LogP) is 3.86. The van der Waals surface area contributed by atoms with E-state index in [1.54, 1.807) is 0 Å². The van der Waals surface area contributed by atoms with Crippen LogP contribution < -0.4 is 0 Å². The fourth-order valence-corrected chi connectivity index (χ4v) is 6.19. The Morgan fingerprint density at radius 3 is 2.67 bits per heavy atom. The fraction of sp³-hybridized carbons (Fsp3) is 0.800. The van der Waals surface area contributed by atoms with Crippen LogP contribution in [0.25, 0.3) is 0 Å². The number of allylic oxidation sites excluding steroid dienone is 2. The molecule has 0 spiro atoms. The number of alkyl halides is 1. The number of aliphatic hydroxyl groups excluding tert-OH is 2. The topological polar surface area (TPSA) is 49.7 Å². The van der Waals surface area contributed by atoms with Crippen LogP contribution >= 0.6 is 0 Å². The molecular formula is C20H29FO3. The van der Waals surface area contributed by atoms with E-state index in [4.69, 9.17) is 4.74 Å². The summed E-state index contributed by atoms with van der Waals surface area (Å²) in [6.07, 6.45) is 7.76.